The molecule has 0 bridgehead atoms. The zero-order valence-electron chi connectivity index (χ0n) is 11.0. The molecule has 0 saturated heterocycles. The fraction of sp³-hybridized carbons (Fsp3) is 0.333. The lowest BCUT2D eigenvalue weighted by Gasteiger charge is -2.05. The summed E-state index contributed by atoms with van der Waals surface area (Å²) in [6.45, 7) is 4.66. The van der Waals surface area contributed by atoms with Crippen molar-refractivity contribution in [1.29, 1.82) is 0 Å². The summed E-state index contributed by atoms with van der Waals surface area (Å²) in [6, 6.07) is 0. The third-order valence-corrected chi connectivity index (χ3v) is 3.80. The fourth-order valence-electron chi connectivity index (χ4n) is 2.06. The molecule has 1 N–H and O–H groups in total. The van der Waals surface area contributed by atoms with Crippen LogP contribution in [0.15, 0.2) is 12.5 Å². The van der Waals surface area contributed by atoms with Gasteiger partial charge in [0.15, 0.2) is 5.82 Å². The highest BCUT2D eigenvalue weighted by Crippen LogP contribution is 2.22. The molecule has 6 nitrogen and oxygen atoms in total. The van der Waals surface area contributed by atoms with Gasteiger partial charge < -0.3 is 5.32 Å². The maximum atomic E-state index is 4.37. The smallest absolute Gasteiger partial charge is 0.156 e. The van der Waals surface area contributed by atoms with Gasteiger partial charge in [-0.15, -0.1) is 11.3 Å². The number of rotatable bonds is 3. The number of hydrogen-bond acceptors (Lipinski definition) is 6. The van der Waals surface area contributed by atoms with Crippen LogP contribution in [0.1, 0.15) is 15.6 Å². The van der Waals surface area contributed by atoms with Crippen molar-refractivity contribution in [1.82, 2.24) is 24.7 Å². The molecular formula is C12H14N6S. The first-order valence-corrected chi connectivity index (χ1v) is 6.76. The molecule has 0 fully saturated rings. The largest absolute Gasteiger partial charge is 0.363 e. The molecule has 0 saturated carbocycles. The molecule has 0 aliphatic carbocycles. The van der Waals surface area contributed by atoms with E-state index in [0.717, 1.165) is 27.6 Å². The van der Waals surface area contributed by atoms with Crippen LogP contribution in [0.3, 0.4) is 0 Å². The van der Waals surface area contributed by atoms with Crippen LogP contribution in [0.25, 0.3) is 11.0 Å². The van der Waals surface area contributed by atoms with E-state index in [1.807, 2.05) is 31.8 Å². The van der Waals surface area contributed by atoms with Gasteiger partial charge in [0.25, 0.3) is 0 Å². The summed E-state index contributed by atoms with van der Waals surface area (Å²) in [5.74, 6) is 0.805. The number of anilines is 1. The van der Waals surface area contributed by atoms with E-state index in [1.165, 1.54) is 4.88 Å². The lowest BCUT2D eigenvalue weighted by molar-refractivity contribution is 0.782. The molecule has 7 heteroatoms. The van der Waals surface area contributed by atoms with E-state index in [-0.39, 0.29) is 0 Å². The molecule has 98 valence electrons. The van der Waals surface area contributed by atoms with Crippen LogP contribution in [-0.2, 0) is 13.6 Å². The molecule has 3 rings (SSSR count). The summed E-state index contributed by atoms with van der Waals surface area (Å²) in [5, 5.41) is 8.77. The molecule has 0 amide bonds. The second kappa shape index (κ2) is 4.58. The van der Waals surface area contributed by atoms with E-state index in [2.05, 4.69) is 25.4 Å². The lowest BCUT2D eigenvalue weighted by atomic mass is 10.3. The van der Waals surface area contributed by atoms with Crippen molar-refractivity contribution < 1.29 is 0 Å². The summed E-state index contributed by atoms with van der Waals surface area (Å²) in [7, 11) is 1.90. The Balaban J connectivity index is 1.92. The molecule has 0 spiro atoms. The number of nitrogens with one attached hydrogen (secondary N) is 1. The monoisotopic (exact) mass is 274 g/mol. The van der Waals surface area contributed by atoms with Gasteiger partial charge in [-0.1, -0.05) is 0 Å². The molecule has 3 heterocycles. The fourth-order valence-corrected chi connectivity index (χ4v) is 2.79. The molecule has 0 radical (unpaired) electrons. The number of aryl methyl sites for hydroxylation is 3. The Kier molecular flexibility index (Phi) is 2.90. The standard InChI is InChI=1S/C12H14N6S/c1-7-10-11(18(3)17-7)12(16-6-15-10)14-5-9-4-13-8(2)19-9/h4,6H,5H2,1-3H3,(H,14,15,16). The summed E-state index contributed by atoms with van der Waals surface area (Å²) in [5.41, 5.74) is 2.73. The van der Waals surface area contributed by atoms with Gasteiger partial charge in [0.1, 0.15) is 17.4 Å². The highest BCUT2D eigenvalue weighted by molar-refractivity contribution is 7.11. The van der Waals surface area contributed by atoms with Crippen molar-refractivity contribution in [3.05, 3.63) is 28.1 Å². The second-order valence-corrected chi connectivity index (χ2v) is 5.65. The SMILES string of the molecule is Cc1ncc(CNc2ncnc3c(C)nn(C)c23)s1. The number of fused-ring (bicyclic) bond motifs is 1. The van der Waals surface area contributed by atoms with Gasteiger partial charge in [-0.25, -0.2) is 15.0 Å². The molecule has 0 aliphatic heterocycles. The Labute approximate surface area is 114 Å². The highest BCUT2D eigenvalue weighted by atomic mass is 32.1. The van der Waals surface area contributed by atoms with E-state index >= 15 is 0 Å². The first-order chi connectivity index (χ1) is 9.15. The van der Waals surface area contributed by atoms with Crippen LogP contribution >= 0.6 is 11.3 Å². The van der Waals surface area contributed by atoms with E-state index in [4.69, 9.17) is 0 Å². The molecule has 0 atom stereocenters. The Morgan fingerprint density at radius 2 is 2.11 bits per heavy atom. The molecule has 0 aliphatic rings. The maximum Gasteiger partial charge on any atom is 0.156 e. The minimum absolute atomic E-state index is 0.710. The predicted octanol–water partition coefficient (Wildman–Crippen LogP) is 2.05. The quantitative estimate of drug-likeness (QED) is 0.791. The van der Waals surface area contributed by atoms with Gasteiger partial charge in [-0.05, 0) is 13.8 Å². The molecule has 3 aromatic rings. The molecule has 0 aromatic carbocycles. The maximum absolute atomic E-state index is 4.37. The van der Waals surface area contributed by atoms with Crippen molar-refractivity contribution in [3.8, 4) is 0 Å². The van der Waals surface area contributed by atoms with Crippen molar-refractivity contribution >= 4 is 28.2 Å². The van der Waals surface area contributed by atoms with E-state index in [0.29, 0.717) is 6.54 Å². The minimum Gasteiger partial charge on any atom is -0.363 e. The van der Waals surface area contributed by atoms with Crippen molar-refractivity contribution in [2.24, 2.45) is 7.05 Å². The number of aromatic nitrogens is 5. The van der Waals surface area contributed by atoms with Crippen LogP contribution in [0.5, 0.6) is 0 Å². The van der Waals surface area contributed by atoms with Crippen LogP contribution in [-0.4, -0.2) is 24.7 Å². The van der Waals surface area contributed by atoms with Gasteiger partial charge in [-0.3, -0.25) is 4.68 Å². The Bertz CT molecular complexity index is 729. The van der Waals surface area contributed by atoms with E-state index in [9.17, 15) is 0 Å². The average Bonchev–Trinajstić information content (AvgIpc) is 2.92. The molecular weight excluding hydrogens is 260 g/mol. The highest BCUT2D eigenvalue weighted by Gasteiger charge is 2.11. The van der Waals surface area contributed by atoms with E-state index < -0.39 is 0 Å². The third-order valence-electron chi connectivity index (χ3n) is 2.89. The van der Waals surface area contributed by atoms with Crippen molar-refractivity contribution in [2.75, 3.05) is 5.32 Å². The number of nitrogens with zero attached hydrogens (tertiary/aromatic N) is 5. The van der Waals surface area contributed by atoms with Crippen LogP contribution < -0.4 is 5.32 Å². The van der Waals surface area contributed by atoms with Crippen LogP contribution in [0, 0.1) is 13.8 Å². The van der Waals surface area contributed by atoms with Gasteiger partial charge in [0.05, 0.1) is 17.2 Å². The van der Waals surface area contributed by atoms with E-state index in [1.54, 1.807) is 17.7 Å². The predicted molar refractivity (Wildman–Crippen MR) is 75.2 cm³/mol. The van der Waals surface area contributed by atoms with Gasteiger partial charge in [0.2, 0.25) is 0 Å². The Morgan fingerprint density at radius 3 is 2.84 bits per heavy atom. The normalized spacial score (nSPS) is 11.1. The summed E-state index contributed by atoms with van der Waals surface area (Å²) in [6.07, 6.45) is 3.46. The lowest BCUT2D eigenvalue weighted by Crippen LogP contribution is -2.03. The minimum atomic E-state index is 0.710. The van der Waals surface area contributed by atoms with Crippen LogP contribution in [0.2, 0.25) is 0 Å². The second-order valence-electron chi connectivity index (χ2n) is 4.33. The molecule has 3 aromatic heterocycles. The Hall–Kier alpha value is -2.02. The zero-order chi connectivity index (χ0) is 13.4. The topological polar surface area (TPSA) is 68.5 Å². The summed E-state index contributed by atoms with van der Waals surface area (Å²) < 4.78 is 1.81. The van der Waals surface area contributed by atoms with Crippen molar-refractivity contribution in [2.45, 2.75) is 20.4 Å². The van der Waals surface area contributed by atoms with Gasteiger partial charge in [0, 0.05) is 18.1 Å². The molecule has 19 heavy (non-hydrogen) atoms. The van der Waals surface area contributed by atoms with Crippen LogP contribution in [0.4, 0.5) is 5.82 Å². The first-order valence-electron chi connectivity index (χ1n) is 5.94. The average molecular weight is 274 g/mol. The number of thiazole rings is 1. The molecule has 0 unspecified atom stereocenters. The third kappa shape index (κ3) is 2.17. The van der Waals surface area contributed by atoms with Crippen molar-refractivity contribution in [3.63, 3.8) is 0 Å². The first kappa shape index (κ1) is 12.0. The zero-order valence-corrected chi connectivity index (χ0v) is 11.8. The summed E-state index contributed by atoms with van der Waals surface area (Å²) >= 11 is 1.68. The van der Waals surface area contributed by atoms with Gasteiger partial charge in [-0.2, -0.15) is 5.10 Å². The van der Waals surface area contributed by atoms with Gasteiger partial charge >= 0.3 is 0 Å². The summed E-state index contributed by atoms with van der Waals surface area (Å²) in [4.78, 5) is 14.0. The number of hydrogen-bond donors (Lipinski definition) is 1. The Morgan fingerprint density at radius 1 is 1.26 bits per heavy atom.